The highest BCUT2D eigenvalue weighted by Crippen LogP contribution is 2.48. The summed E-state index contributed by atoms with van der Waals surface area (Å²) in [5, 5.41) is 10.7. The molecule has 0 amide bonds. The van der Waals surface area contributed by atoms with Gasteiger partial charge in [-0.3, -0.25) is 0 Å². The molecule has 0 saturated carbocycles. The van der Waals surface area contributed by atoms with Crippen molar-refractivity contribution in [2.45, 2.75) is 71.2 Å². The van der Waals surface area contributed by atoms with Crippen LogP contribution in [-0.4, -0.2) is 34.5 Å². The van der Waals surface area contributed by atoms with Crippen LogP contribution in [0.3, 0.4) is 0 Å². The van der Waals surface area contributed by atoms with E-state index in [0.29, 0.717) is 12.8 Å². The van der Waals surface area contributed by atoms with Crippen LogP contribution >= 0.6 is 0 Å². The van der Waals surface area contributed by atoms with Crippen LogP contribution in [0.5, 0.6) is 0 Å². The number of rotatable bonds is 4. The van der Waals surface area contributed by atoms with Gasteiger partial charge in [0, 0.05) is 5.92 Å². The second-order valence-corrected chi connectivity index (χ2v) is 6.22. The molecule has 1 heterocycles. The van der Waals surface area contributed by atoms with Crippen LogP contribution in [0.25, 0.3) is 0 Å². The third-order valence-electron chi connectivity index (χ3n) is 3.82. The Morgan fingerprint density at radius 1 is 1.39 bits per heavy atom. The van der Waals surface area contributed by atoms with Gasteiger partial charge in [-0.1, -0.05) is 6.92 Å². The average Bonchev–Trinajstić information content (AvgIpc) is 2.46. The fourth-order valence-corrected chi connectivity index (χ4v) is 3.10. The molecule has 1 aliphatic rings. The van der Waals surface area contributed by atoms with Gasteiger partial charge in [0.05, 0.1) is 17.8 Å². The Kier molecular flexibility index (Phi) is 4.13. The topological polar surface area (TPSA) is 55.8 Å². The molecule has 0 aliphatic carbocycles. The van der Waals surface area contributed by atoms with Gasteiger partial charge in [0.1, 0.15) is 0 Å². The third-order valence-corrected chi connectivity index (χ3v) is 3.82. The Balaban J connectivity index is 3.05. The number of hydrogen-bond acceptors (Lipinski definition) is 4. The van der Waals surface area contributed by atoms with Gasteiger partial charge in [-0.2, -0.15) is 0 Å². The van der Waals surface area contributed by atoms with Gasteiger partial charge in [0.2, 0.25) is 0 Å². The van der Waals surface area contributed by atoms with Crippen LogP contribution in [0.4, 0.5) is 0 Å². The molecule has 4 nitrogen and oxygen atoms in total. The van der Waals surface area contributed by atoms with E-state index in [1.807, 2.05) is 27.7 Å². The Hall–Kier alpha value is -0.610. The summed E-state index contributed by atoms with van der Waals surface area (Å²) < 4.78 is 11.0. The van der Waals surface area contributed by atoms with Crippen LogP contribution in [0.2, 0.25) is 0 Å². The quantitative estimate of drug-likeness (QED) is 0.786. The van der Waals surface area contributed by atoms with Crippen LogP contribution in [0.1, 0.15) is 54.4 Å². The number of hydrogen-bond donors (Lipinski definition) is 1. The Morgan fingerprint density at radius 3 is 2.28 bits per heavy atom. The number of carbonyl (C=O) groups is 1. The molecule has 4 heteroatoms. The second-order valence-electron chi connectivity index (χ2n) is 6.22. The zero-order valence-corrected chi connectivity index (χ0v) is 12.4. The Morgan fingerprint density at radius 2 is 1.94 bits per heavy atom. The molecule has 1 fully saturated rings. The first-order valence-corrected chi connectivity index (χ1v) is 6.69. The highest BCUT2D eigenvalue weighted by molar-refractivity contribution is 5.80. The zero-order valence-electron chi connectivity index (χ0n) is 12.4. The lowest BCUT2D eigenvalue weighted by atomic mass is 9.73. The summed E-state index contributed by atoms with van der Waals surface area (Å²) in [6.07, 6.45) is 0.975. The summed E-state index contributed by atoms with van der Waals surface area (Å²) in [5.74, 6) is -0.795. The van der Waals surface area contributed by atoms with Gasteiger partial charge >= 0.3 is 5.97 Å². The standard InChI is InChI=1S/C14H26O4/c1-7-14(16,11(15)17-8-2)10-9-12(3,4)18-13(10,5)6/h10,16H,7-9H2,1-6H3. The molecule has 2 unspecified atom stereocenters. The number of esters is 1. The molecule has 106 valence electrons. The molecule has 1 aliphatic heterocycles. The monoisotopic (exact) mass is 258 g/mol. The van der Waals surface area contributed by atoms with E-state index in [1.54, 1.807) is 13.8 Å². The van der Waals surface area contributed by atoms with E-state index in [4.69, 9.17) is 9.47 Å². The van der Waals surface area contributed by atoms with Gasteiger partial charge in [-0.15, -0.1) is 0 Å². The van der Waals surface area contributed by atoms with E-state index in [0.717, 1.165) is 0 Å². The van der Waals surface area contributed by atoms with E-state index < -0.39 is 17.2 Å². The molecule has 0 aromatic heterocycles. The van der Waals surface area contributed by atoms with Gasteiger partial charge in [-0.25, -0.2) is 4.79 Å². The minimum Gasteiger partial charge on any atom is -0.464 e. The van der Waals surface area contributed by atoms with Crippen molar-refractivity contribution in [3.8, 4) is 0 Å². The van der Waals surface area contributed by atoms with Crippen molar-refractivity contribution >= 4 is 5.97 Å². The fourth-order valence-electron chi connectivity index (χ4n) is 3.10. The first-order valence-electron chi connectivity index (χ1n) is 6.69. The lowest BCUT2D eigenvalue weighted by Gasteiger charge is -2.37. The molecule has 0 spiro atoms. The molecule has 0 aromatic rings. The van der Waals surface area contributed by atoms with Crippen molar-refractivity contribution in [3.05, 3.63) is 0 Å². The van der Waals surface area contributed by atoms with Gasteiger partial charge in [0.15, 0.2) is 5.60 Å². The SMILES string of the molecule is CCOC(=O)C(O)(CC)C1CC(C)(C)OC1(C)C. The molecule has 0 bridgehead atoms. The molecule has 2 atom stereocenters. The van der Waals surface area contributed by atoms with E-state index in [9.17, 15) is 9.90 Å². The van der Waals surface area contributed by atoms with Crippen molar-refractivity contribution in [3.63, 3.8) is 0 Å². The Bertz CT molecular complexity index is 322. The second kappa shape index (κ2) is 4.82. The van der Waals surface area contributed by atoms with Crippen molar-refractivity contribution in [1.82, 2.24) is 0 Å². The van der Waals surface area contributed by atoms with Crippen LogP contribution in [0.15, 0.2) is 0 Å². The maximum atomic E-state index is 12.1. The van der Waals surface area contributed by atoms with Crippen molar-refractivity contribution in [2.24, 2.45) is 5.92 Å². The highest BCUT2D eigenvalue weighted by atomic mass is 16.6. The summed E-state index contributed by atoms with van der Waals surface area (Å²) in [7, 11) is 0. The van der Waals surface area contributed by atoms with Crippen molar-refractivity contribution in [2.75, 3.05) is 6.61 Å². The fraction of sp³-hybridized carbons (Fsp3) is 0.929. The Labute approximate surface area is 110 Å². The molecule has 0 radical (unpaired) electrons. The van der Waals surface area contributed by atoms with Crippen LogP contribution < -0.4 is 0 Å². The lowest BCUT2D eigenvalue weighted by Crippen LogP contribution is -2.52. The summed E-state index contributed by atoms with van der Waals surface area (Å²) in [5.41, 5.74) is -2.34. The summed E-state index contributed by atoms with van der Waals surface area (Å²) in [6.45, 7) is 11.6. The summed E-state index contributed by atoms with van der Waals surface area (Å²) in [6, 6.07) is 0. The van der Waals surface area contributed by atoms with Crippen molar-refractivity contribution in [1.29, 1.82) is 0 Å². The summed E-state index contributed by atoms with van der Waals surface area (Å²) in [4.78, 5) is 12.1. The minimum atomic E-state index is -1.46. The maximum absolute atomic E-state index is 12.1. The highest BCUT2D eigenvalue weighted by Gasteiger charge is 2.58. The van der Waals surface area contributed by atoms with Gasteiger partial charge in [-0.05, 0) is 47.5 Å². The van der Waals surface area contributed by atoms with E-state index in [1.165, 1.54) is 0 Å². The van der Waals surface area contributed by atoms with Crippen molar-refractivity contribution < 1.29 is 19.4 Å². The number of aliphatic hydroxyl groups is 1. The zero-order chi connectivity index (χ0) is 14.2. The predicted octanol–water partition coefficient (Wildman–Crippen LogP) is 2.28. The summed E-state index contributed by atoms with van der Waals surface area (Å²) >= 11 is 0. The first kappa shape index (κ1) is 15.4. The predicted molar refractivity (Wildman–Crippen MR) is 69.2 cm³/mol. The minimum absolute atomic E-state index is 0.260. The molecule has 1 rings (SSSR count). The molecule has 1 saturated heterocycles. The molecular formula is C14H26O4. The molecule has 1 N–H and O–H groups in total. The average molecular weight is 258 g/mol. The van der Waals surface area contributed by atoms with E-state index in [-0.39, 0.29) is 18.1 Å². The lowest BCUT2D eigenvalue weighted by molar-refractivity contribution is -0.180. The smallest absolute Gasteiger partial charge is 0.338 e. The maximum Gasteiger partial charge on any atom is 0.338 e. The van der Waals surface area contributed by atoms with Crippen LogP contribution in [-0.2, 0) is 14.3 Å². The van der Waals surface area contributed by atoms with Gasteiger partial charge < -0.3 is 14.6 Å². The first-order chi connectivity index (χ1) is 8.09. The normalized spacial score (nSPS) is 28.7. The van der Waals surface area contributed by atoms with Crippen LogP contribution in [0, 0.1) is 5.92 Å². The van der Waals surface area contributed by atoms with E-state index in [2.05, 4.69) is 0 Å². The molecule has 0 aromatic carbocycles. The molecular weight excluding hydrogens is 232 g/mol. The van der Waals surface area contributed by atoms with Gasteiger partial charge in [0.25, 0.3) is 0 Å². The largest absolute Gasteiger partial charge is 0.464 e. The third kappa shape index (κ3) is 2.69. The number of carbonyl (C=O) groups excluding carboxylic acids is 1. The molecule has 18 heavy (non-hydrogen) atoms. The number of ether oxygens (including phenoxy) is 2. The van der Waals surface area contributed by atoms with E-state index >= 15 is 0 Å².